The zero-order valence-electron chi connectivity index (χ0n) is 25.1. The SMILES string of the molecule is Cc1ccc(C2C=C(C3=CC4C=CC=CC4c4ccccc43)C=C(c3nc(-c4ccccc4)nc(-c4ccccc4)n3)C2)cn1. The first-order valence-corrected chi connectivity index (χ1v) is 15.6. The summed E-state index contributed by atoms with van der Waals surface area (Å²) in [6.45, 7) is 2.03. The summed E-state index contributed by atoms with van der Waals surface area (Å²) in [7, 11) is 0. The molecule has 5 aromatic rings. The summed E-state index contributed by atoms with van der Waals surface area (Å²) in [5, 5.41) is 0. The smallest absolute Gasteiger partial charge is 0.164 e. The van der Waals surface area contributed by atoms with Crippen molar-refractivity contribution in [3.8, 4) is 22.8 Å². The van der Waals surface area contributed by atoms with Crippen molar-refractivity contribution in [2.24, 2.45) is 5.92 Å². The second-order valence-corrected chi connectivity index (χ2v) is 11.9. The van der Waals surface area contributed by atoms with Crippen LogP contribution >= 0.6 is 0 Å². The summed E-state index contributed by atoms with van der Waals surface area (Å²) >= 11 is 0. The van der Waals surface area contributed by atoms with E-state index in [-0.39, 0.29) is 5.92 Å². The minimum Gasteiger partial charge on any atom is -0.261 e. The number of aryl methyl sites for hydroxylation is 1. The molecule has 3 unspecified atom stereocenters. The molecule has 0 saturated carbocycles. The third-order valence-corrected chi connectivity index (χ3v) is 8.96. The van der Waals surface area contributed by atoms with Crippen molar-refractivity contribution < 1.29 is 0 Å². The molecule has 8 rings (SSSR count). The Morgan fingerprint density at radius 1 is 0.644 bits per heavy atom. The average molecular weight is 581 g/mol. The van der Waals surface area contributed by atoms with Gasteiger partial charge in [-0.2, -0.15) is 0 Å². The van der Waals surface area contributed by atoms with Gasteiger partial charge in [-0.05, 0) is 58.9 Å². The van der Waals surface area contributed by atoms with E-state index >= 15 is 0 Å². The molecular formula is C41H32N4. The first kappa shape index (κ1) is 27.1. The fraction of sp³-hybridized carbons (Fsp3) is 0.122. The Morgan fingerprint density at radius 3 is 2.02 bits per heavy atom. The van der Waals surface area contributed by atoms with E-state index in [0.29, 0.717) is 29.3 Å². The lowest BCUT2D eigenvalue weighted by atomic mass is 9.71. The molecule has 4 nitrogen and oxygen atoms in total. The first-order chi connectivity index (χ1) is 22.2. The van der Waals surface area contributed by atoms with Crippen LogP contribution in [0, 0.1) is 12.8 Å². The summed E-state index contributed by atoms with van der Waals surface area (Å²) in [5.41, 5.74) is 10.3. The monoisotopic (exact) mass is 580 g/mol. The maximum atomic E-state index is 5.11. The second kappa shape index (κ2) is 11.5. The molecule has 0 fully saturated rings. The zero-order valence-corrected chi connectivity index (χ0v) is 25.1. The van der Waals surface area contributed by atoms with Crippen LogP contribution in [0.2, 0.25) is 0 Å². The van der Waals surface area contributed by atoms with Gasteiger partial charge in [-0.25, -0.2) is 15.0 Å². The van der Waals surface area contributed by atoms with E-state index in [2.05, 4.69) is 108 Å². The quantitative estimate of drug-likeness (QED) is 0.208. The van der Waals surface area contributed by atoms with E-state index in [1.54, 1.807) is 0 Å². The van der Waals surface area contributed by atoms with E-state index in [0.717, 1.165) is 28.8 Å². The number of benzene rings is 3. The van der Waals surface area contributed by atoms with Crippen molar-refractivity contribution in [2.75, 3.05) is 0 Å². The van der Waals surface area contributed by atoms with Gasteiger partial charge in [-0.1, -0.05) is 127 Å². The molecule has 45 heavy (non-hydrogen) atoms. The topological polar surface area (TPSA) is 51.6 Å². The van der Waals surface area contributed by atoms with Crippen LogP contribution < -0.4 is 0 Å². The number of aromatic nitrogens is 4. The van der Waals surface area contributed by atoms with Crippen LogP contribution in [0.3, 0.4) is 0 Å². The van der Waals surface area contributed by atoms with Crippen molar-refractivity contribution >= 4 is 11.1 Å². The van der Waals surface area contributed by atoms with Crippen molar-refractivity contribution in [3.05, 3.63) is 180 Å². The molecule has 0 amide bonds. The van der Waals surface area contributed by atoms with E-state index in [1.165, 1.54) is 27.8 Å². The van der Waals surface area contributed by atoms with Gasteiger partial charge in [0.15, 0.2) is 17.5 Å². The Kier molecular flexibility index (Phi) is 6.95. The van der Waals surface area contributed by atoms with E-state index in [9.17, 15) is 0 Å². The van der Waals surface area contributed by atoms with Crippen LogP contribution in [-0.2, 0) is 0 Å². The minimum absolute atomic E-state index is 0.123. The van der Waals surface area contributed by atoms with E-state index < -0.39 is 0 Å². The minimum atomic E-state index is 0.123. The van der Waals surface area contributed by atoms with Gasteiger partial charge >= 0.3 is 0 Å². The molecule has 3 aromatic carbocycles. The highest BCUT2D eigenvalue weighted by Crippen LogP contribution is 2.46. The van der Waals surface area contributed by atoms with Crippen LogP contribution in [0.5, 0.6) is 0 Å². The lowest BCUT2D eigenvalue weighted by molar-refractivity contribution is 0.688. The van der Waals surface area contributed by atoms with Gasteiger partial charge in [-0.15, -0.1) is 0 Å². The molecular weight excluding hydrogens is 548 g/mol. The molecule has 2 heterocycles. The molecule has 0 aliphatic heterocycles. The molecule has 2 aromatic heterocycles. The van der Waals surface area contributed by atoms with Crippen LogP contribution in [0.25, 0.3) is 33.9 Å². The second-order valence-electron chi connectivity index (χ2n) is 11.9. The number of fused-ring (bicyclic) bond motifs is 3. The Balaban J connectivity index is 1.31. The highest BCUT2D eigenvalue weighted by atomic mass is 15.0. The number of hydrogen-bond donors (Lipinski definition) is 0. The summed E-state index contributed by atoms with van der Waals surface area (Å²) in [4.78, 5) is 19.8. The highest BCUT2D eigenvalue weighted by molar-refractivity contribution is 5.89. The largest absolute Gasteiger partial charge is 0.261 e. The van der Waals surface area contributed by atoms with Crippen LogP contribution in [0.15, 0.2) is 151 Å². The Hall–Kier alpha value is -5.48. The number of nitrogens with zero attached hydrogens (tertiary/aromatic N) is 4. The van der Waals surface area contributed by atoms with E-state index in [4.69, 9.17) is 15.0 Å². The van der Waals surface area contributed by atoms with Crippen molar-refractivity contribution in [2.45, 2.75) is 25.2 Å². The third-order valence-electron chi connectivity index (χ3n) is 8.96. The maximum Gasteiger partial charge on any atom is 0.164 e. The van der Waals surface area contributed by atoms with Crippen LogP contribution in [-0.4, -0.2) is 19.9 Å². The molecule has 216 valence electrons. The number of hydrogen-bond acceptors (Lipinski definition) is 4. The molecule has 0 radical (unpaired) electrons. The fourth-order valence-electron chi connectivity index (χ4n) is 6.66. The molecule has 0 saturated heterocycles. The van der Waals surface area contributed by atoms with Gasteiger partial charge in [0, 0.05) is 40.8 Å². The van der Waals surface area contributed by atoms with Crippen LogP contribution in [0.1, 0.15) is 46.5 Å². The standard InChI is InChI=1S/C41H32N4/c1-27-20-21-31(26-42-27)32-22-33(38-25-30-16-8-9-17-35(30)36-18-10-11-19-37(36)38)24-34(23-32)41-44-39(28-12-4-2-5-13-28)43-40(45-41)29-14-6-3-7-15-29/h2-22,24-26,30,32,35H,23H2,1H3. The van der Waals surface area contributed by atoms with Crippen molar-refractivity contribution in [3.63, 3.8) is 0 Å². The molecule has 3 atom stereocenters. The first-order valence-electron chi connectivity index (χ1n) is 15.6. The molecule has 4 heteroatoms. The lowest BCUT2D eigenvalue weighted by Crippen LogP contribution is -2.17. The fourth-order valence-corrected chi connectivity index (χ4v) is 6.66. The van der Waals surface area contributed by atoms with Crippen molar-refractivity contribution in [1.82, 2.24) is 19.9 Å². The Bertz CT molecular complexity index is 1980. The van der Waals surface area contributed by atoms with Gasteiger partial charge in [0.25, 0.3) is 0 Å². The predicted octanol–water partition coefficient (Wildman–Crippen LogP) is 9.33. The zero-order chi connectivity index (χ0) is 30.2. The summed E-state index contributed by atoms with van der Waals surface area (Å²) in [6, 6.07) is 33.5. The van der Waals surface area contributed by atoms with Gasteiger partial charge < -0.3 is 0 Å². The van der Waals surface area contributed by atoms with Gasteiger partial charge in [0.05, 0.1) is 0 Å². The van der Waals surface area contributed by atoms with Crippen LogP contribution in [0.4, 0.5) is 0 Å². The van der Waals surface area contributed by atoms with Crippen molar-refractivity contribution in [1.29, 1.82) is 0 Å². The molecule has 3 aliphatic carbocycles. The third kappa shape index (κ3) is 5.29. The van der Waals surface area contributed by atoms with Gasteiger partial charge in [0.2, 0.25) is 0 Å². The molecule has 3 aliphatic rings. The van der Waals surface area contributed by atoms with Gasteiger partial charge in [-0.3, -0.25) is 4.98 Å². The Morgan fingerprint density at radius 2 is 1.31 bits per heavy atom. The number of pyridine rings is 1. The average Bonchev–Trinajstić information content (AvgIpc) is 3.12. The molecule has 0 N–H and O–H groups in total. The summed E-state index contributed by atoms with van der Waals surface area (Å²) in [6.07, 6.45) is 18.9. The summed E-state index contributed by atoms with van der Waals surface area (Å²) in [5.74, 6) is 2.85. The normalized spacial score (nSPS) is 20.0. The van der Waals surface area contributed by atoms with E-state index in [1.807, 2.05) is 49.5 Å². The number of allylic oxidation sites excluding steroid dienone is 10. The molecule has 0 spiro atoms. The highest BCUT2D eigenvalue weighted by Gasteiger charge is 2.30. The van der Waals surface area contributed by atoms with Gasteiger partial charge in [0.1, 0.15) is 0 Å². The lowest BCUT2D eigenvalue weighted by Gasteiger charge is -2.32. The Labute approximate surface area is 264 Å². The summed E-state index contributed by atoms with van der Waals surface area (Å²) < 4.78 is 0. The number of rotatable bonds is 5. The maximum absolute atomic E-state index is 5.11. The molecule has 0 bridgehead atoms. The predicted molar refractivity (Wildman–Crippen MR) is 182 cm³/mol.